The minimum Gasteiger partial charge on any atom is -0.354 e. The Hall–Kier alpha value is -2.46. The predicted octanol–water partition coefficient (Wildman–Crippen LogP) is 5.12. The largest absolute Gasteiger partial charge is 0.354 e. The molecule has 0 aliphatic heterocycles. The molecule has 0 saturated heterocycles. The number of hydrogen-bond acceptors (Lipinski definition) is 4. The monoisotopic (exact) mass is 336 g/mol. The lowest BCUT2D eigenvalue weighted by molar-refractivity contribution is 1.02. The van der Waals surface area contributed by atoms with Crippen LogP contribution in [0.1, 0.15) is 30.0 Å². The highest BCUT2D eigenvalue weighted by atomic mass is 35.5. The van der Waals surface area contributed by atoms with Gasteiger partial charge < -0.3 is 5.32 Å². The average molecular weight is 337 g/mol. The summed E-state index contributed by atoms with van der Waals surface area (Å²) in [5.74, 6) is 0.616. The van der Waals surface area contributed by atoms with Crippen LogP contribution in [0.5, 0.6) is 0 Å². The van der Waals surface area contributed by atoms with Gasteiger partial charge in [0.1, 0.15) is 0 Å². The van der Waals surface area contributed by atoms with Gasteiger partial charge in [0.05, 0.1) is 22.1 Å². The maximum absolute atomic E-state index is 6.39. The Kier molecular flexibility index (Phi) is 3.90. The van der Waals surface area contributed by atoms with Crippen LogP contribution in [-0.2, 0) is 0 Å². The van der Waals surface area contributed by atoms with E-state index >= 15 is 0 Å². The van der Waals surface area contributed by atoms with Crippen molar-refractivity contribution < 1.29 is 0 Å². The summed E-state index contributed by atoms with van der Waals surface area (Å²) in [6.45, 7) is 2.01. The highest BCUT2D eigenvalue weighted by Gasteiger charge is 2.25. The second-order valence-electron chi connectivity index (χ2n) is 6.04. The van der Waals surface area contributed by atoms with Crippen LogP contribution in [0.4, 0.5) is 11.4 Å². The average Bonchev–Trinajstić information content (AvgIpc) is 3.45. The maximum Gasteiger partial charge on any atom is 0.0937 e. The van der Waals surface area contributed by atoms with Crippen LogP contribution in [0.2, 0.25) is 5.02 Å². The summed E-state index contributed by atoms with van der Waals surface area (Å²) in [5.41, 5.74) is 5.65. The summed E-state index contributed by atoms with van der Waals surface area (Å²) in [6, 6.07) is 9.86. The highest BCUT2D eigenvalue weighted by Crippen LogP contribution is 2.40. The topological polar surface area (TPSA) is 50.7 Å². The van der Waals surface area contributed by atoms with Crippen molar-refractivity contribution in [2.75, 3.05) is 5.32 Å². The molecule has 24 heavy (non-hydrogen) atoms. The van der Waals surface area contributed by atoms with E-state index in [1.807, 2.05) is 37.4 Å². The van der Waals surface area contributed by atoms with Gasteiger partial charge in [0.2, 0.25) is 0 Å². The van der Waals surface area contributed by atoms with E-state index in [1.165, 1.54) is 12.8 Å². The molecule has 0 atom stereocenters. The van der Waals surface area contributed by atoms with Crippen molar-refractivity contribution in [1.82, 2.24) is 15.0 Å². The summed E-state index contributed by atoms with van der Waals surface area (Å²) >= 11 is 6.39. The third-order valence-electron chi connectivity index (χ3n) is 4.23. The molecule has 0 unspecified atom stereocenters. The van der Waals surface area contributed by atoms with Crippen molar-refractivity contribution in [3.63, 3.8) is 0 Å². The zero-order valence-electron chi connectivity index (χ0n) is 13.3. The van der Waals surface area contributed by atoms with E-state index in [0.29, 0.717) is 10.9 Å². The van der Waals surface area contributed by atoms with Gasteiger partial charge >= 0.3 is 0 Å². The first-order valence-corrected chi connectivity index (χ1v) is 8.39. The van der Waals surface area contributed by atoms with Gasteiger partial charge in [0, 0.05) is 41.5 Å². The Morgan fingerprint density at radius 3 is 2.71 bits per heavy atom. The van der Waals surface area contributed by atoms with Crippen molar-refractivity contribution >= 4 is 23.0 Å². The van der Waals surface area contributed by atoms with E-state index in [1.54, 1.807) is 12.4 Å². The number of halogens is 1. The number of hydrogen-bond donors (Lipinski definition) is 1. The van der Waals surface area contributed by atoms with E-state index in [4.69, 9.17) is 11.6 Å². The third kappa shape index (κ3) is 2.97. The van der Waals surface area contributed by atoms with Gasteiger partial charge in [0.25, 0.3) is 0 Å². The van der Waals surface area contributed by atoms with E-state index in [9.17, 15) is 0 Å². The molecule has 0 spiro atoms. The molecular formula is C19H17ClN4. The van der Waals surface area contributed by atoms with Crippen molar-refractivity contribution in [3.05, 3.63) is 65.2 Å². The SMILES string of the molecule is Cc1c(-c2ccccn2)ncc(Cl)c1Nc1ccnc(C2CC2)c1. The molecule has 3 aromatic heterocycles. The van der Waals surface area contributed by atoms with Crippen LogP contribution in [-0.4, -0.2) is 15.0 Å². The summed E-state index contributed by atoms with van der Waals surface area (Å²) < 4.78 is 0. The highest BCUT2D eigenvalue weighted by molar-refractivity contribution is 6.33. The molecule has 1 saturated carbocycles. The number of nitrogens with one attached hydrogen (secondary N) is 1. The second kappa shape index (κ2) is 6.21. The van der Waals surface area contributed by atoms with Crippen molar-refractivity contribution in [1.29, 1.82) is 0 Å². The van der Waals surface area contributed by atoms with Gasteiger partial charge in [-0.05, 0) is 44.0 Å². The van der Waals surface area contributed by atoms with Crippen molar-refractivity contribution in [2.45, 2.75) is 25.7 Å². The molecule has 0 aromatic carbocycles. The maximum atomic E-state index is 6.39. The van der Waals surface area contributed by atoms with E-state index in [2.05, 4.69) is 26.3 Å². The molecule has 0 radical (unpaired) electrons. The van der Waals surface area contributed by atoms with Gasteiger partial charge in [-0.2, -0.15) is 0 Å². The summed E-state index contributed by atoms with van der Waals surface area (Å²) in [6.07, 6.45) is 7.75. The van der Waals surface area contributed by atoms with E-state index < -0.39 is 0 Å². The fourth-order valence-corrected chi connectivity index (χ4v) is 3.01. The molecule has 120 valence electrons. The lowest BCUT2D eigenvalue weighted by Gasteiger charge is -2.14. The van der Waals surface area contributed by atoms with Gasteiger partial charge in [-0.1, -0.05) is 17.7 Å². The van der Waals surface area contributed by atoms with Crippen LogP contribution in [0.15, 0.2) is 48.9 Å². The van der Waals surface area contributed by atoms with Gasteiger partial charge in [0.15, 0.2) is 0 Å². The van der Waals surface area contributed by atoms with Crippen molar-refractivity contribution in [2.24, 2.45) is 0 Å². The predicted molar refractivity (Wildman–Crippen MR) is 96.7 cm³/mol. The molecule has 3 aromatic rings. The lowest BCUT2D eigenvalue weighted by Crippen LogP contribution is -2.00. The molecule has 0 bridgehead atoms. The Morgan fingerprint density at radius 1 is 1.08 bits per heavy atom. The Bertz CT molecular complexity index is 876. The van der Waals surface area contributed by atoms with Crippen LogP contribution in [0.3, 0.4) is 0 Å². The molecule has 4 rings (SSSR count). The molecule has 4 nitrogen and oxygen atoms in total. The molecule has 1 aliphatic rings. The summed E-state index contributed by atoms with van der Waals surface area (Å²) in [7, 11) is 0. The normalized spacial score (nSPS) is 13.8. The second-order valence-corrected chi connectivity index (χ2v) is 6.45. The van der Waals surface area contributed by atoms with Crippen LogP contribution in [0.25, 0.3) is 11.4 Å². The summed E-state index contributed by atoms with van der Waals surface area (Å²) in [5, 5.41) is 4.03. The summed E-state index contributed by atoms with van der Waals surface area (Å²) in [4.78, 5) is 13.3. The number of aromatic nitrogens is 3. The molecule has 0 amide bonds. The van der Waals surface area contributed by atoms with E-state index in [-0.39, 0.29) is 0 Å². The first kappa shape index (κ1) is 15.1. The molecule has 5 heteroatoms. The molecule has 1 N–H and O–H groups in total. The number of anilines is 2. The van der Waals surface area contributed by atoms with Crippen LogP contribution >= 0.6 is 11.6 Å². The lowest BCUT2D eigenvalue weighted by atomic mass is 10.1. The Balaban J connectivity index is 1.71. The Labute approximate surface area is 146 Å². The van der Waals surface area contributed by atoms with Gasteiger partial charge in [-0.3, -0.25) is 15.0 Å². The molecule has 1 aliphatic carbocycles. The van der Waals surface area contributed by atoms with Crippen LogP contribution in [0, 0.1) is 6.92 Å². The van der Waals surface area contributed by atoms with Gasteiger partial charge in [-0.15, -0.1) is 0 Å². The zero-order valence-corrected chi connectivity index (χ0v) is 14.1. The minimum atomic E-state index is 0.594. The third-order valence-corrected chi connectivity index (χ3v) is 4.52. The molecule has 3 heterocycles. The zero-order chi connectivity index (χ0) is 16.5. The number of pyridine rings is 3. The quantitative estimate of drug-likeness (QED) is 0.718. The first-order valence-electron chi connectivity index (χ1n) is 8.02. The number of nitrogens with zero attached hydrogens (tertiary/aromatic N) is 3. The van der Waals surface area contributed by atoms with Crippen LogP contribution < -0.4 is 5.32 Å². The van der Waals surface area contributed by atoms with Gasteiger partial charge in [-0.25, -0.2) is 0 Å². The molecule has 1 fully saturated rings. The smallest absolute Gasteiger partial charge is 0.0937 e. The van der Waals surface area contributed by atoms with Crippen molar-refractivity contribution in [3.8, 4) is 11.4 Å². The van der Waals surface area contributed by atoms with E-state index in [0.717, 1.165) is 34.0 Å². The fraction of sp³-hybridized carbons (Fsp3) is 0.211. The standard InChI is InChI=1S/C19H17ClN4/c1-12-18(24-14-7-9-22-17(10-14)13-5-6-13)15(20)11-23-19(12)16-4-2-3-8-21-16/h2-4,7-11,13H,5-6H2,1H3,(H,22,23,24). The number of rotatable bonds is 4. The minimum absolute atomic E-state index is 0.594. The molecular weight excluding hydrogens is 320 g/mol. The first-order chi connectivity index (χ1) is 11.7. The Morgan fingerprint density at radius 2 is 1.96 bits per heavy atom. The fourth-order valence-electron chi connectivity index (χ4n) is 2.77.